The molecule has 0 radical (unpaired) electrons. The molecule has 0 aromatic carbocycles. The third kappa shape index (κ3) is 3.22. The van der Waals surface area contributed by atoms with Gasteiger partial charge in [0.15, 0.2) is 5.01 Å². The Balaban J connectivity index is 2.16. The first-order valence-corrected chi connectivity index (χ1v) is 9.30. The molecule has 0 bridgehead atoms. The Morgan fingerprint density at radius 2 is 2.24 bits per heavy atom. The topological polar surface area (TPSA) is 50.2 Å². The molecule has 0 unspecified atom stereocenters. The maximum atomic E-state index is 11.2. The minimum Gasteiger partial charge on any atom is -0.384 e. The number of aromatic nitrogens is 1. The average molecular weight is 379 g/mol. The number of thiazole rings is 1. The molecule has 3 nitrogen and oxygen atoms in total. The van der Waals surface area contributed by atoms with Crippen molar-refractivity contribution in [3.63, 3.8) is 0 Å². The van der Waals surface area contributed by atoms with Crippen LogP contribution in [0.15, 0.2) is 6.20 Å². The minimum absolute atomic E-state index is 0.237. The van der Waals surface area contributed by atoms with Crippen molar-refractivity contribution in [2.45, 2.75) is 31.3 Å². The summed E-state index contributed by atoms with van der Waals surface area (Å²) in [5.74, 6) is 3.15. The highest BCUT2D eigenvalue weighted by Gasteiger charge is 2.35. The van der Waals surface area contributed by atoms with Gasteiger partial charge in [0.05, 0.1) is 4.88 Å². The molecule has 90 valence electrons. The molecular weight excluding hydrogens is 369 g/mol. The van der Waals surface area contributed by atoms with Crippen molar-refractivity contribution >= 4 is 47.3 Å². The van der Waals surface area contributed by atoms with Gasteiger partial charge < -0.3 is 5.11 Å². The quantitative estimate of drug-likeness (QED) is 0.602. The van der Waals surface area contributed by atoms with Gasteiger partial charge in [-0.2, -0.15) is 0 Å². The minimum atomic E-state index is -0.872. The van der Waals surface area contributed by atoms with Crippen LogP contribution in [0.2, 0.25) is 0 Å². The summed E-state index contributed by atoms with van der Waals surface area (Å²) < 4.78 is 0. The molecule has 17 heavy (non-hydrogen) atoms. The largest absolute Gasteiger partial charge is 0.384 e. The van der Waals surface area contributed by atoms with E-state index in [-0.39, 0.29) is 5.78 Å². The smallest absolute Gasteiger partial charge is 0.168 e. The van der Waals surface area contributed by atoms with E-state index in [1.807, 2.05) is 0 Å². The van der Waals surface area contributed by atoms with E-state index in [0.29, 0.717) is 25.7 Å². The van der Waals surface area contributed by atoms with E-state index in [2.05, 4.69) is 37.4 Å². The number of halogens is 1. The molecule has 1 heterocycles. The molecule has 2 rings (SSSR count). The van der Waals surface area contributed by atoms with E-state index < -0.39 is 5.60 Å². The highest BCUT2D eigenvalue weighted by molar-refractivity contribution is 14.2. The lowest BCUT2D eigenvalue weighted by atomic mass is 9.83. The van der Waals surface area contributed by atoms with Crippen LogP contribution in [0.25, 0.3) is 0 Å². The normalized spacial score (nSPS) is 18.6. The van der Waals surface area contributed by atoms with Gasteiger partial charge >= 0.3 is 0 Å². The fourth-order valence-corrected chi connectivity index (χ4v) is 3.24. The summed E-state index contributed by atoms with van der Waals surface area (Å²) in [5, 5.41) is 14.0. The molecule has 6 heteroatoms. The Morgan fingerprint density at radius 3 is 2.88 bits per heavy atom. The Hall–Kier alpha value is -0.100. The van der Waals surface area contributed by atoms with Crippen molar-refractivity contribution in [3.8, 4) is 11.2 Å². The molecule has 1 aliphatic rings. The van der Waals surface area contributed by atoms with Gasteiger partial charge in [-0.05, 0) is 32.9 Å². The third-order valence-electron chi connectivity index (χ3n) is 2.80. The van der Waals surface area contributed by atoms with Gasteiger partial charge in [-0.15, -0.1) is 11.3 Å². The lowest BCUT2D eigenvalue weighted by Crippen LogP contribution is -2.30. The number of hydrogen-bond acceptors (Lipinski definition) is 5. The number of rotatable bonds is 1. The standard InChI is InChI=1S/C11H10INO2S2/c12-16-6-3-10-13-7-9(17-10)11(15)4-1-8(14)2-5-11/h7,15H,1-2,4-5H2. The molecule has 1 aliphatic carbocycles. The highest BCUT2D eigenvalue weighted by atomic mass is 127. The van der Waals surface area contributed by atoms with Crippen molar-refractivity contribution in [1.82, 2.24) is 4.98 Å². The summed E-state index contributed by atoms with van der Waals surface area (Å²) in [6, 6.07) is 0. The number of carbonyl (C=O) groups is 1. The Bertz CT molecular complexity index is 479. The summed E-state index contributed by atoms with van der Waals surface area (Å²) in [5.41, 5.74) is -0.872. The van der Waals surface area contributed by atoms with Crippen LogP contribution in [0.4, 0.5) is 0 Å². The molecular formula is C11H10INO2S2. The van der Waals surface area contributed by atoms with Gasteiger partial charge in [0.25, 0.3) is 0 Å². The predicted octanol–water partition coefficient (Wildman–Crippen LogP) is 2.87. The summed E-state index contributed by atoms with van der Waals surface area (Å²) in [7, 11) is 1.41. The van der Waals surface area contributed by atoms with Crippen LogP contribution < -0.4 is 0 Å². The van der Waals surface area contributed by atoms with Crippen LogP contribution in [0, 0.1) is 11.2 Å². The van der Waals surface area contributed by atoms with E-state index in [0.717, 1.165) is 9.88 Å². The molecule has 0 saturated heterocycles. The second kappa shape index (κ2) is 5.69. The molecule has 1 aromatic rings. The fraction of sp³-hybridized carbons (Fsp3) is 0.455. The molecule has 1 saturated carbocycles. The molecule has 0 spiro atoms. The number of ketones is 1. The van der Waals surface area contributed by atoms with Crippen LogP contribution in [0.5, 0.6) is 0 Å². The van der Waals surface area contributed by atoms with Crippen LogP contribution in [-0.2, 0) is 10.4 Å². The first-order chi connectivity index (χ1) is 8.14. The van der Waals surface area contributed by atoms with Crippen LogP contribution in [-0.4, -0.2) is 15.9 Å². The van der Waals surface area contributed by atoms with Gasteiger partial charge in [0.2, 0.25) is 0 Å². The Labute approximate surface area is 120 Å². The van der Waals surface area contributed by atoms with Crippen molar-refractivity contribution < 1.29 is 9.90 Å². The molecule has 0 amide bonds. The van der Waals surface area contributed by atoms with E-state index in [9.17, 15) is 9.90 Å². The lowest BCUT2D eigenvalue weighted by molar-refractivity contribution is -0.125. The summed E-state index contributed by atoms with van der Waals surface area (Å²) in [4.78, 5) is 16.2. The molecule has 1 N–H and O–H groups in total. The lowest BCUT2D eigenvalue weighted by Gasteiger charge is -2.29. The monoisotopic (exact) mass is 379 g/mol. The maximum Gasteiger partial charge on any atom is 0.168 e. The van der Waals surface area contributed by atoms with Crippen molar-refractivity contribution in [3.05, 3.63) is 16.1 Å². The number of nitrogens with zero attached hydrogens (tertiary/aromatic N) is 1. The highest BCUT2D eigenvalue weighted by Crippen LogP contribution is 2.38. The summed E-state index contributed by atoms with van der Waals surface area (Å²) >= 11 is 3.52. The number of Topliss-reactive ketones (excluding diaryl/α,β-unsaturated/α-hetero) is 1. The average Bonchev–Trinajstić information content (AvgIpc) is 2.80. The second-order valence-corrected chi connectivity index (χ2v) is 6.61. The molecule has 1 aromatic heterocycles. The van der Waals surface area contributed by atoms with E-state index >= 15 is 0 Å². The van der Waals surface area contributed by atoms with Crippen molar-refractivity contribution in [2.75, 3.05) is 0 Å². The van der Waals surface area contributed by atoms with E-state index in [1.165, 1.54) is 20.3 Å². The third-order valence-corrected chi connectivity index (χ3v) is 4.74. The van der Waals surface area contributed by atoms with E-state index in [1.54, 1.807) is 6.20 Å². The van der Waals surface area contributed by atoms with Gasteiger partial charge in [-0.25, -0.2) is 4.98 Å². The molecule has 1 fully saturated rings. The zero-order valence-electron chi connectivity index (χ0n) is 8.90. The first-order valence-electron chi connectivity index (χ1n) is 5.13. The van der Waals surface area contributed by atoms with Crippen LogP contribution in [0.1, 0.15) is 35.6 Å². The van der Waals surface area contributed by atoms with Crippen molar-refractivity contribution in [2.24, 2.45) is 0 Å². The molecule has 0 aliphatic heterocycles. The number of carbonyl (C=O) groups excluding carboxylic acids is 1. The van der Waals surface area contributed by atoms with Crippen LogP contribution in [0.3, 0.4) is 0 Å². The number of aliphatic hydroxyl groups is 1. The van der Waals surface area contributed by atoms with Gasteiger partial charge in [0.1, 0.15) is 11.4 Å². The SMILES string of the molecule is O=C1CCC(O)(c2cnc(C#CSI)s2)CC1. The van der Waals surface area contributed by atoms with Gasteiger partial charge in [-0.1, -0.05) is 0 Å². The van der Waals surface area contributed by atoms with E-state index in [4.69, 9.17) is 0 Å². The summed E-state index contributed by atoms with van der Waals surface area (Å²) in [6.45, 7) is 0. The number of hydrogen-bond donors (Lipinski definition) is 1. The predicted molar refractivity (Wildman–Crippen MR) is 78.0 cm³/mol. The Morgan fingerprint density at radius 1 is 1.53 bits per heavy atom. The summed E-state index contributed by atoms with van der Waals surface area (Å²) in [6.07, 6.45) is 3.60. The zero-order valence-corrected chi connectivity index (χ0v) is 12.7. The fourth-order valence-electron chi connectivity index (χ4n) is 1.80. The Kier molecular flexibility index (Phi) is 4.47. The van der Waals surface area contributed by atoms with Crippen LogP contribution >= 0.6 is 41.5 Å². The van der Waals surface area contributed by atoms with Gasteiger partial charge in [0, 0.05) is 40.2 Å². The first kappa shape index (κ1) is 13.3. The second-order valence-electron chi connectivity index (χ2n) is 3.90. The molecule has 0 atom stereocenters. The maximum absolute atomic E-state index is 11.2. The van der Waals surface area contributed by atoms with Gasteiger partial charge in [-0.3, -0.25) is 4.79 Å². The van der Waals surface area contributed by atoms with Crippen molar-refractivity contribution in [1.29, 1.82) is 0 Å². The zero-order chi connectivity index (χ0) is 12.3.